The highest BCUT2D eigenvalue weighted by Gasteiger charge is 2.31. The van der Waals surface area contributed by atoms with Crippen LogP contribution in [-0.2, 0) is 6.61 Å². The minimum absolute atomic E-state index is 0.190. The number of ether oxygens (including phenoxy) is 1. The van der Waals surface area contributed by atoms with Crippen LogP contribution in [0.15, 0.2) is 60.8 Å². The maximum atomic E-state index is 11.3. The number of rotatable bonds is 5. The quantitative estimate of drug-likeness (QED) is 0.701. The maximum Gasteiger partial charge on any atom is 0.407 e. The first-order chi connectivity index (χ1) is 13.2. The first-order valence-corrected chi connectivity index (χ1v) is 9.02. The molecule has 1 aromatic heterocycles. The molecule has 27 heavy (non-hydrogen) atoms. The van der Waals surface area contributed by atoms with Crippen LogP contribution in [0, 0.1) is 0 Å². The van der Waals surface area contributed by atoms with E-state index in [1.165, 1.54) is 4.90 Å². The van der Waals surface area contributed by atoms with Crippen LogP contribution in [0.3, 0.4) is 0 Å². The van der Waals surface area contributed by atoms with Crippen molar-refractivity contribution < 1.29 is 14.6 Å². The van der Waals surface area contributed by atoms with Gasteiger partial charge in [-0.25, -0.2) is 9.78 Å². The first kappa shape index (κ1) is 17.1. The molecular formula is C21H21N3O3. The summed E-state index contributed by atoms with van der Waals surface area (Å²) in [5.74, 6) is 1.50. The summed E-state index contributed by atoms with van der Waals surface area (Å²) in [6.45, 7) is 1.09. The SMILES string of the molecule is O=C(O)N1CCC[C@H]1c1ncc(-c2ccc(OCc3ccccc3)cc2)[nH]1. The van der Waals surface area contributed by atoms with E-state index in [0.717, 1.165) is 35.4 Å². The average molecular weight is 363 g/mol. The molecule has 1 atom stereocenters. The number of carboxylic acid groups (broad SMARTS) is 1. The molecule has 0 spiro atoms. The minimum Gasteiger partial charge on any atom is -0.489 e. The molecule has 3 aromatic rings. The topological polar surface area (TPSA) is 78.4 Å². The molecule has 1 saturated heterocycles. The largest absolute Gasteiger partial charge is 0.489 e. The van der Waals surface area contributed by atoms with Gasteiger partial charge in [0.1, 0.15) is 18.2 Å². The molecular weight excluding hydrogens is 342 g/mol. The fourth-order valence-electron chi connectivity index (χ4n) is 3.40. The summed E-state index contributed by atoms with van der Waals surface area (Å²) in [7, 11) is 0. The molecule has 1 fully saturated rings. The highest BCUT2D eigenvalue weighted by Crippen LogP contribution is 2.31. The lowest BCUT2D eigenvalue weighted by Gasteiger charge is -2.19. The monoisotopic (exact) mass is 363 g/mol. The predicted octanol–water partition coefficient (Wildman–Crippen LogP) is 4.47. The van der Waals surface area contributed by atoms with E-state index in [0.29, 0.717) is 19.0 Å². The van der Waals surface area contributed by atoms with Crippen LogP contribution >= 0.6 is 0 Å². The van der Waals surface area contributed by atoms with Crippen LogP contribution in [0.1, 0.15) is 30.3 Å². The Bertz CT molecular complexity index is 906. The Morgan fingerprint density at radius 3 is 2.70 bits per heavy atom. The lowest BCUT2D eigenvalue weighted by Crippen LogP contribution is -2.29. The Morgan fingerprint density at radius 1 is 1.19 bits per heavy atom. The molecule has 6 heteroatoms. The van der Waals surface area contributed by atoms with Gasteiger partial charge in [-0.2, -0.15) is 0 Å². The third-order valence-electron chi connectivity index (χ3n) is 4.82. The van der Waals surface area contributed by atoms with E-state index in [-0.39, 0.29) is 6.04 Å². The standard InChI is InChI=1S/C21H21N3O3/c25-21(26)24-12-4-7-19(24)20-22-13-18(23-20)16-8-10-17(11-9-16)27-14-15-5-2-1-3-6-15/h1-3,5-6,8-11,13,19H,4,7,12,14H2,(H,22,23)(H,25,26)/t19-/m0/s1. The number of hydrogen-bond donors (Lipinski definition) is 2. The second-order valence-electron chi connectivity index (χ2n) is 6.61. The molecule has 0 radical (unpaired) electrons. The van der Waals surface area contributed by atoms with Crippen LogP contribution < -0.4 is 4.74 Å². The molecule has 1 aliphatic heterocycles. The van der Waals surface area contributed by atoms with Crippen molar-refractivity contribution in [3.63, 3.8) is 0 Å². The smallest absolute Gasteiger partial charge is 0.407 e. The number of imidazole rings is 1. The van der Waals surface area contributed by atoms with Gasteiger partial charge in [-0.1, -0.05) is 30.3 Å². The number of H-pyrrole nitrogens is 1. The van der Waals surface area contributed by atoms with Crippen molar-refractivity contribution in [2.24, 2.45) is 0 Å². The van der Waals surface area contributed by atoms with Gasteiger partial charge in [0.15, 0.2) is 0 Å². The number of likely N-dealkylation sites (tertiary alicyclic amines) is 1. The van der Waals surface area contributed by atoms with Crippen LogP contribution in [0.2, 0.25) is 0 Å². The Labute approximate surface area is 157 Å². The number of nitrogens with zero attached hydrogens (tertiary/aromatic N) is 2. The normalized spacial score (nSPS) is 16.4. The van der Waals surface area contributed by atoms with Crippen LogP contribution in [0.5, 0.6) is 5.75 Å². The summed E-state index contributed by atoms with van der Waals surface area (Å²) in [5, 5.41) is 9.30. The molecule has 4 rings (SSSR count). The number of benzene rings is 2. The van der Waals surface area contributed by atoms with E-state index in [4.69, 9.17) is 4.74 Å². The number of carbonyl (C=O) groups is 1. The molecule has 138 valence electrons. The van der Waals surface area contributed by atoms with Crippen LogP contribution in [-0.4, -0.2) is 32.6 Å². The van der Waals surface area contributed by atoms with Gasteiger partial charge in [0.25, 0.3) is 0 Å². The average Bonchev–Trinajstić information content (AvgIpc) is 3.37. The van der Waals surface area contributed by atoms with E-state index >= 15 is 0 Å². The predicted molar refractivity (Wildman–Crippen MR) is 102 cm³/mol. The summed E-state index contributed by atoms with van der Waals surface area (Å²) >= 11 is 0. The zero-order valence-electron chi connectivity index (χ0n) is 14.8. The second kappa shape index (κ2) is 7.53. The molecule has 0 bridgehead atoms. The van der Waals surface area contributed by atoms with Crippen molar-refractivity contribution in [2.45, 2.75) is 25.5 Å². The first-order valence-electron chi connectivity index (χ1n) is 9.02. The van der Waals surface area contributed by atoms with E-state index in [9.17, 15) is 9.90 Å². The molecule has 2 aromatic carbocycles. The zero-order chi connectivity index (χ0) is 18.6. The van der Waals surface area contributed by atoms with Crippen molar-refractivity contribution in [3.05, 3.63) is 72.2 Å². The highest BCUT2D eigenvalue weighted by molar-refractivity contribution is 5.66. The Morgan fingerprint density at radius 2 is 1.96 bits per heavy atom. The van der Waals surface area contributed by atoms with Crippen molar-refractivity contribution >= 4 is 6.09 Å². The lowest BCUT2D eigenvalue weighted by molar-refractivity contribution is 0.139. The summed E-state index contributed by atoms with van der Waals surface area (Å²) in [6, 6.07) is 17.6. The molecule has 0 saturated carbocycles. The molecule has 1 amide bonds. The summed E-state index contributed by atoms with van der Waals surface area (Å²) in [5.41, 5.74) is 2.98. The number of amides is 1. The minimum atomic E-state index is -0.893. The van der Waals surface area contributed by atoms with Crippen molar-refractivity contribution in [2.75, 3.05) is 6.54 Å². The van der Waals surface area contributed by atoms with Crippen LogP contribution in [0.25, 0.3) is 11.3 Å². The van der Waals surface area contributed by atoms with Gasteiger partial charge in [-0.15, -0.1) is 0 Å². The third kappa shape index (κ3) is 3.79. The second-order valence-corrected chi connectivity index (χ2v) is 6.61. The summed E-state index contributed by atoms with van der Waals surface area (Å²) in [4.78, 5) is 20.5. The van der Waals surface area contributed by atoms with E-state index < -0.39 is 6.09 Å². The fraction of sp³-hybridized carbons (Fsp3) is 0.238. The van der Waals surface area contributed by atoms with Gasteiger partial charge in [0.2, 0.25) is 0 Å². The van der Waals surface area contributed by atoms with Crippen molar-refractivity contribution in [1.82, 2.24) is 14.9 Å². The van der Waals surface area contributed by atoms with Gasteiger partial charge in [0, 0.05) is 6.54 Å². The number of aromatic amines is 1. The molecule has 0 unspecified atom stereocenters. The van der Waals surface area contributed by atoms with Gasteiger partial charge in [-0.3, -0.25) is 4.90 Å². The Kier molecular flexibility index (Phi) is 4.78. The van der Waals surface area contributed by atoms with Gasteiger partial charge in [0.05, 0.1) is 17.9 Å². The maximum absolute atomic E-state index is 11.3. The van der Waals surface area contributed by atoms with Crippen molar-refractivity contribution in [1.29, 1.82) is 0 Å². The van der Waals surface area contributed by atoms with Gasteiger partial charge < -0.3 is 14.8 Å². The zero-order valence-corrected chi connectivity index (χ0v) is 14.8. The van der Waals surface area contributed by atoms with Crippen LogP contribution in [0.4, 0.5) is 4.79 Å². The molecule has 2 heterocycles. The number of nitrogens with one attached hydrogen (secondary N) is 1. The van der Waals surface area contributed by atoms with Crippen molar-refractivity contribution in [3.8, 4) is 17.0 Å². The number of hydrogen-bond acceptors (Lipinski definition) is 3. The Hall–Kier alpha value is -3.28. The van der Waals surface area contributed by atoms with E-state index in [2.05, 4.69) is 9.97 Å². The molecule has 2 N–H and O–H groups in total. The van der Waals surface area contributed by atoms with Gasteiger partial charge in [-0.05, 0) is 48.2 Å². The molecule has 0 aliphatic carbocycles. The van der Waals surface area contributed by atoms with E-state index in [1.807, 2.05) is 54.6 Å². The number of aromatic nitrogens is 2. The van der Waals surface area contributed by atoms with E-state index in [1.54, 1.807) is 6.20 Å². The third-order valence-corrected chi connectivity index (χ3v) is 4.82. The summed E-state index contributed by atoms with van der Waals surface area (Å²) < 4.78 is 5.81. The summed E-state index contributed by atoms with van der Waals surface area (Å²) in [6.07, 6.45) is 2.52. The molecule has 6 nitrogen and oxygen atoms in total. The highest BCUT2D eigenvalue weighted by atomic mass is 16.5. The fourth-order valence-corrected chi connectivity index (χ4v) is 3.40. The Balaban J connectivity index is 1.43. The van der Waals surface area contributed by atoms with Gasteiger partial charge >= 0.3 is 6.09 Å². The lowest BCUT2D eigenvalue weighted by atomic mass is 10.1. The molecule has 1 aliphatic rings.